The predicted molar refractivity (Wildman–Crippen MR) is 107 cm³/mol. The van der Waals surface area contributed by atoms with E-state index in [1.165, 1.54) is 0 Å². The summed E-state index contributed by atoms with van der Waals surface area (Å²) in [5.74, 6) is 0.973. The second-order valence-corrected chi connectivity index (χ2v) is 7.15. The summed E-state index contributed by atoms with van der Waals surface area (Å²) in [5.41, 5.74) is 1.16. The van der Waals surface area contributed by atoms with E-state index in [1.54, 1.807) is 0 Å². The fourth-order valence-electron chi connectivity index (χ4n) is 3.48. The normalized spacial score (nSPS) is 18.4. The minimum Gasteiger partial charge on any atom is -0.368 e. The Bertz CT molecular complexity index is 637. The largest absolute Gasteiger partial charge is 0.368 e. The minimum absolute atomic E-state index is 0.135. The predicted octanol–water partition coefficient (Wildman–Crippen LogP) is 2.05. The summed E-state index contributed by atoms with van der Waals surface area (Å²) in [5, 5.41) is 4.09. The van der Waals surface area contributed by atoms with Crippen molar-refractivity contribution in [1.82, 2.24) is 15.1 Å². The Hall–Kier alpha value is -1.95. The van der Waals surface area contributed by atoms with Gasteiger partial charge in [-0.05, 0) is 38.0 Å². The van der Waals surface area contributed by atoms with Crippen molar-refractivity contribution in [3.05, 3.63) is 29.3 Å². The molecule has 0 aromatic heterocycles. The third-order valence-electron chi connectivity index (χ3n) is 4.91. The van der Waals surface area contributed by atoms with E-state index in [1.807, 2.05) is 23.1 Å². The number of carbonyl (C=O) groups is 1. The van der Waals surface area contributed by atoms with Gasteiger partial charge in [-0.15, -0.1) is 0 Å². The second-order valence-electron chi connectivity index (χ2n) is 6.71. The smallest absolute Gasteiger partial charge is 0.244 e. The summed E-state index contributed by atoms with van der Waals surface area (Å²) in [4.78, 5) is 23.3. The molecule has 2 heterocycles. The molecule has 0 spiro atoms. The SMILES string of the molecule is CCNC(=NCC(=O)N1CCCC1)N1CCN(c2cccc(Cl)c2)CC1. The number of hydrogen-bond acceptors (Lipinski definition) is 3. The van der Waals surface area contributed by atoms with Crippen LogP contribution in [0.25, 0.3) is 0 Å². The van der Waals surface area contributed by atoms with E-state index in [9.17, 15) is 4.79 Å². The van der Waals surface area contributed by atoms with Crippen molar-refractivity contribution in [2.45, 2.75) is 19.8 Å². The molecule has 2 saturated heterocycles. The summed E-state index contributed by atoms with van der Waals surface area (Å²) in [6.45, 7) is 8.40. The van der Waals surface area contributed by atoms with Gasteiger partial charge >= 0.3 is 0 Å². The number of nitrogens with zero attached hydrogens (tertiary/aromatic N) is 4. The van der Waals surface area contributed by atoms with Crippen molar-refractivity contribution in [3.63, 3.8) is 0 Å². The minimum atomic E-state index is 0.135. The molecule has 0 bridgehead atoms. The Labute approximate surface area is 160 Å². The van der Waals surface area contributed by atoms with Gasteiger partial charge < -0.3 is 20.0 Å². The van der Waals surface area contributed by atoms with E-state index in [-0.39, 0.29) is 12.5 Å². The standard InChI is InChI=1S/C19H28ClN5O/c1-2-21-19(22-15-18(26)24-8-3-4-9-24)25-12-10-23(11-13-25)17-7-5-6-16(20)14-17/h5-7,14H,2-4,8-13,15H2,1H3,(H,21,22). The van der Waals surface area contributed by atoms with E-state index in [4.69, 9.17) is 11.6 Å². The summed E-state index contributed by atoms with van der Waals surface area (Å²) in [7, 11) is 0. The van der Waals surface area contributed by atoms with Crippen LogP contribution in [0.15, 0.2) is 29.3 Å². The van der Waals surface area contributed by atoms with Gasteiger partial charge in [-0.1, -0.05) is 17.7 Å². The average Bonchev–Trinajstić information content (AvgIpc) is 3.20. The number of carbonyl (C=O) groups excluding carboxylic acids is 1. The zero-order valence-corrected chi connectivity index (χ0v) is 16.2. The molecule has 0 atom stereocenters. The lowest BCUT2D eigenvalue weighted by molar-refractivity contribution is -0.128. The molecule has 2 aliphatic heterocycles. The first kappa shape index (κ1) is 18.8. The van der Waals surface area contributed by atoms with Gasteiger partial charge in [0.25, 0.3) is 0 Å². The van der Waals surface area contributed by atoms with Crippen LogP contribution in [-0.2, 0) is 4.79 Å². The van der Waals surface area contributed by atoms with Gasteiger partial charge in [-0.3, -0.25) is 4.79 Å². The Morgan fingerprint density at radius 2 is 1.85 bits per heavy atom. The molecule has 142 valence electrons. The lowest BCUT2D eigenvalue weighted by Gasteiger charge is -2.37. The number of piperazine rings is 1. The fraction of sp³-hybridized carbons (Fsp3) is 0.579. The van der Waals surface area contributed by atoms with Crippen LogP contribution in [0.1, 0.15) is 19.8 Å². The van der Waals surface area contributed by atoms with Crippen molar-refractivity contribution in [3.8, 4) is 0 Å². The summed E-state index contributed by atoms with van der Waals surface area (Å²) in [6, 6.07) is 7.98. The first-order valence-electron chi connectivity index (χ1n) is 9.49. The first-order chi connectivity index (χ1) is 12.7. The topological polar surface area (TPSA) is 51.2 Å². The summed E-state index contributed by atoms with van der Waals surface area (Å²) < 4.78 is 0. The number of aliphatic imine (C=N–C) groups is 1. The second kappa shape index (κ2) is 9.12. The van der Waals surface area contributed by atoms with E-state index >= 15 is 0 Å². The van der Waals surface area contributed by atoms with Gasteiger partial charge in [0.2, 0.25) is 5.91 Å². The van der Waals surface area contributed by atoms with E-state index in [2.05, 4.69) is 33.1 Å². The molecule has 7 heteroatoms. The molecule has 0 aliphatic carbocycles. The molecular formula is C19H28ClN5O. The van der Waals surface area contributed by atoms with Gasteiger partial charge in [-0.25, -0.2) is 4.99 Å². The number of anilines is 1. The van der Waals surface area contributed by atoms with Gasteiger partial charge in [0, 0.05) is 56.5 Å². The van der Waals surface area contributed by atoms with Crippen molar-refractivity contribution < 1.29 is 4.79 Å². The van der Waals surface area contributed by atoms with Crippen molar-refractivity contribution in [2.75, 3.05) is 57.3 Å². The van der Waals surface area contributed by atoms with Crippen LogP contribution >= 0.6 is 11.6 Å². The van der Waals surface area contributed by atoms with Gasteiger partial charge in [-0.2, -0.15) is 0 Å². The average molecular weight is 378 g/mol. The molecule has 2 aliphatic rings. The molecule has 1 aromatic carbocycles. The van der Waals surface area contributed by atoms with Crippen LogP contribution < -0.4 is 10.2 Å². The van der Waals surface area contributed by atoms with Crippen LogP contribution in [0.2, 0.25) is 5.02 Å². The highest BCUT2D eigenvalue weighted by Crippen LogP contribution is 2.20. The van der Waals surface area contributed by atoms with E-state index in [0.717, 1.165) is 75.3 Å². The molecule has 1 aromatic rings. The number of rotatable bonds is 4. The lowest BCUT2D eigenvalue weighted by atomic mass is 10.2. The van der Waals surface area contributed by atoms with Crippen molar-refractivity contribution in [2.24, 2.45) is 4.99 Å². The van der Waals surface area contributed by atoms with Crippen molar-refractivity contribution >= 4 is 29.2 Å². The number of nitrogens with one attached hydrogen (secondary N) is 1. The summed E-state index contributed by atoms with van der Waals surface area (Å²) in [6.07, 6.45) is 2.22. The van der Waals surface area contributed by atoms with Crippen LogP contribution in [0, 0.1) is 0 Å². The molecule has 6 nitrogen and oxygen atoms in total. The number of benzene rings is 1. The number of hydrogen-bond donors (Lipinski definition) is 1. The third-order valence-corrected chi connectivity index (χ3v) is 5.15. The molecule has 0 unspecified atom stereocenters. The number of guanidine groups is 1. The maximum atomic E-state index is 12.3. The van der Waals surface area contributed by atoms with Crippen LogP contribution in [0.5, 0.6) is 0 Å². The fourth-order valence-corrected chi connectivity index (χ4v) is 3.67. The van der Waals surface area contributed by atoms with Gasteiger partial charge in [0.1, 0.15) is 6.54 Å². The molecular weight excluding hydrogens is 350 g/mol. The maximum Gasteiger partial charge on any atom is 0.244 e. The molecule has 2 fully saturated rings. The molecule has 1 N–H and O–H groups in total. The molecule has 26 heavy (non-hydrogen) atoms. The van der Waals surface area contributed by atoms with Crippen LogP contribution in [0.3, 0.4) is 0 Å². The highest BCUT2D eigenvalue weighted by Gasteiger charge is 2.21. The zero-order valence-electron chi connectivity index (χ0n) is 15.5. The number of likely N-dealkylation sites (tertiary alicyclic amines) is 1. The van der Waals surface area contributed by atoms with E-state index < -0.39 is 0 Å². The Kier molecular flexibility index (Phi) is 6.61. The summed E-state index contributed by atoms with van der Waals surface area (Å²) >= 11 is 6.11. The zero-order chi connectivity index (χ0) is 18.4. The highest BCUT2D eigenvalue weighted by atomic mass is 35.5. The maximum absolute atomic E-state index is 12.3. The van der Waals surface area contributed by atoms with Crippen LogP contribution in [0.4, 0.5) is 5.69 Å². The lowest BCUT2D eigenvalue weighted by Crippen LogP contribution is -2.52. The molecule has 1 amide bonds. The monoisotopic (exact) mass is 377 g/mol. The van der Waals surface area contributed by atoms with Crippen molar-refractivity contribution in [1.29, 1.82) is 0 Å². The Morgan fingerprint density at radius 1 is 1.12 bits per heavy atom. The Morgan fingerprint density at radius 3 is 2.50 bits per heavy atom. The number of amides is 1. The van der Waals surface area contributed by atoms with Gasteiger partial charge in [0.05, 0.1) is 0 Å². The van der Waals surface area contributed by atoms with Crippen LogP contribution in [-0.4, -0.2) is 74.0 Å². The van der Waals surface area contributed by atoms with E-state index in [0.29, 0.717) is 0 Å². The van der Waals surface area contributed by atoms with Gasteiger partial charge in [0.15, 0.2) is 5.96 Å². The number of halogens is 1. The first-order valence-corrected chi connectivity index (χ1v) is 9.86. The highest BCUT2D eigenvalue weighted by molar-refractivity contribution is 6.30. The third kappa shape index (κ3) is 4.81. The Balaban J connectivity index is 1.57. The quantitative estimate of drug-likeness (QED) is 0.644. The molecule has 0 radical (unpaired) electrons. The molecule has 3 rings (SSSR count). The molecule has 0 saturated carbocycles.